The van der Waals surface area contributed by atoms with Crippen LogP contribution in [0.15, 0.2) is 16.6 Å². The van der Waals surface area contributed by atoms with Gasteiger partial charge in [0.2, 0.25) is 0 Å². The van der Waals surface area contributed by atoms with E-state index in [9.17, 15) is 9.59 Å². The molecule has 0 saturated heterocycles. The molecule has 0 heterocycles. The highest BCUT2D eigenvalue weighted by atomic mass is 79.9. The normalized spacial score (nSPS) is 21.1. The van der Waals surface area contributed by atoms with Crippen LogP contribution in [0.2, 0.25) is 0 Å². The van der Waals surface area contributed by atoms with Gasteiger partial charge in [0.05, 0.1) is 11.6 Å². The zero-order chi connectivity index (χ0) is 15.6. The van der Waals surface area contributed by atoms with Crippen molar-refractivity contribution in [2.24, 2.45) is 5.92 Å². The standard InChI is InChI=1S/C15H19BrN2O3/c1-8-5-9(2)13(12(16)6-8)18-15(21)17-11-4-3-10(7-11)14(19)20/h5-6,10-11H,3-4,7H2,1-2H3,(H,19,20)(H2,17,18,21)/t10-,11+/m1/s1. The summed E-state index contributed by atoms with van der Waals surface area (Å²) in [5.74, 6) is -1.13. The number of anilines is 1. The molecule has 5 nitrogen and oxygen atoms in total. The Morgan fingerprint density at radius 2 is 2.00 bits per heavy atom. The lowest BCUT2D eigenvalue weighted by molar-refractivity contribution is -0.141. The lowest BCUT2D eigenvalue weighted by Gasteiger charge is -2.16. The molecular formula is C15H19BrN2O3. The number of nitrogens with one attached hydrogen (secondary N) is 2. The number of carboxylic acids is 1. The summed E-state index contributed by atoms with van der Waals surface area (Å²) in [4.78, 5) is 23.0. The number of hydrogen-bond acceptors (Lipinski definition) is 2. The SMILES string of the molecule is Cc1cc(C)c(NC(=O)N[C@H]2CC[C@@H](C(=O)O)C2)c(Br)c1. The van der Waals surface area contributed by atoms with Crippen LogP contribution in [0.1, 0.15) is 30.4 Å². The first-order chi connectivity index (χ1) is 9.86. The molecule has 2 amide bonds. The Bertz CT molecular complexity index is 551. The molecule has 2 rings (SSSR count). The first-order valence-corrected chi connectivity index (χ1v) is 7.73. The number of aryl methyl sites for hydroxylation is 2. The van der Waals surface area contributed by atoms with E-state index in [0.717, 1.165) is 21.3 Å². The molecule has 6 heteroatoms. The van der Waals surface area contributed by atoms with Gasteiger partial charge in [-0.2, -0.15) is 0 Å². The maximum absolute atomic E-state index is 12.0. The molecule has 1 aromatic rings. The number of carbonyl (C=O) groups is 2. The minimum absolute atomic E-state index is 0.0735. The molecule has 1 aliphatic rings. The monoisotopic (exact) mass is 354 g/mol. The van der Waals surface area contributed by atoms with Gasteiger partial charge < -0.3 is 15.7 Å². The summed E-state index contributed by atoms with van der Waals surface area (Å²) in [7, 11) is 0. The smallest absolute Gasteiger partial charge is 0.319 e. The van der Waals surface area contributed by atoms with Crippen molar-refractivity contribution in [2.45, 2.75) is 39.2 Å². The number of rotatable bonds is 3. The van der Waals surface area contributed by atoms with Crippen molar-refractivity contribution in [1.29, 1.82) is 0 Å². The van der Waals surface area contributed by atoms with Gasteiger partial charge in [-0.15, -0.1) is 0 Å². The fourth-order valence-corrected chi connectivity index (χ4v) is 3.52. The van der Waals surface area contributed by atoms with Gasteiger partial charge >= 0.3 is 12.0 Å². The Morgan fingerprint density at radius 1 is 1.29 bits per heavy atom. The summed E-state index contributed by atoms with van der Waals surface area (Å²) in [6.45, 7) is 3.93. The number of halogens is 1. The highest BCUT2D eigenvalue weighted by Gasteiger charge is 2.30. The van der Waals surface area contributed by atoms with Crippen LogP contribution in [-0.4, -0.2) is 23.1 Å². The molecule has 1 saturated carbocycles. The summed E-state index contributed by atoms with van der Waals surface area (Å²) >= 11 is 3.45. The van der Waals surface area contributed by atoms with Crippen molar-refractivity contribution in [3.8, 4) is 0 Å². The average Bonchev–Trinajstić information content (AvgIpc) is 2.82. The van der Waals surface area contributed by atoms with Crippen LogP contribution in [0, 0.1) is 19.8 Å². The van der Waals surface area contributed by atoms with Crippen LogP contribution in [0.4, 0.5) is 10.5 Å². The van der Waals surface area contributed by atoms with Crippen LogP contribution < -0.4 is 10.6 Å². The molecule has 0 bridgehead atoms. The number of carbonyl (C=O) groups excluding carboxylic acids is 1. The largest absolute Gasteiger partial charge is 0.481 e. The van der Waals surface area contributed by atoms with Crippen LogP contribution in [0.3, 0.4) is 0 Å². The Balaban J connectivity index is 1.96. The fraction of sp³-hybridized carbons (Fsp3) is 0.467. The molecule has 1 aliphatic carbocycles. The summed E-state index contributed by atoms with van der Waals surface area (Å²) in [6.07, 6.45) is 1.82. The molecule has 1 aromatic carbocycles. The second kappa shape index (κ2) is 6.47. The molecule has 114 valence electrons. The summed E-state index contributed by atoms with van der Waals surface area (Å²) in [5, 5.41) is 14.6. The first kappa shape index (κ1) is 15.8. The molecule has 0 unspecified atom stereocenters. The zero-order valence-electron chi connectivity index (χ0n) is 12.1. The summed E-state index contributed by atoms with van der Waals surface area (Å²) < 4.78 is 0.838. The van der Waals surface area contributed by atoms with E-state index in [1.165, 1.54) is 0 Å². The number of amides is 2. The maximum atomic E-state index is 12.0. The highest BCUT2D eigenvalue weighted by molar-refractivity contribution is 9.10. The molecule has 3 N–H and O–H groups in total. The Morgan fingerprint density at radius 3 is 2.57 bits per heavy atom. The van der Waals surface area contributed by atoms with Gasteiger partial charge in [0.25, 0.3) is 0 Å². The lowest BCUT2D eigenvalue weighted by Crippen LogP contribution is -2.37. The van der Waals surface area contributed by atoms with E-state index in [0.29, 0.717) is 19.3 Å². The van der Waals surface area contributed by atoms with E-state index in [1.807, 2.05) is 26.0 Å². The van der Waals surface area contributed by atoms with E-state index < -0.39 is 5.97 Å². The van der Waals surface area contributed by atoms with Crippen molar-refractivity contribution >= 4 is 33.6 Å². The topological polar surface area (TPSA) is 78.4 Å². The number of benzene rings is 1. The van der Waals surface area contributed by atoms with Crippen LogP contribution in [0.5, 0.6) is 0 Å². The number of aliphatic carboxylic acids is 1. The third kappa shape index (κ3) is 3.97. The van der Waals surface area contributed by atoms with E-state index in [2.05, 4.69) is 26.6 Å². The summed E-state index contributed by atoms with van der Waals surface area (Å²) in [6, 6.07) is 3.57. The third-order valence-electron chi connectivity index (χ3n) is 3.79. The predicted molar refractivity (Wildman–Crippen MR) is 84.5 cm³/mol. The first-order valence-electron chi connectivity index (χ1n) is 6.94. The molecule has 1 fully saturated rings. The molecule has 2 atom stereocenters. The average molecular weight is 355 g/mol. The Hall–Kier alpha value is -1.56. The van der Waals surface area contributed by atoms with E-state index >= 15 is 0 Å². The van der Waals surface area contributed by atoms with Crippen molar-refractivity contribution in [3.63, 3.8) is 0 Å². The van der Waals surface area contributed by atoms with Gasteiger partial charge in [-0.3, -0.25) is 4.79 Å². The fourth-order valence-electron chi connectivity index (χ4n) is 2.75. The van der Waals surface area contributed by atoms with Crippen molar-refractivity contribution in [3.05, 3.63) is 27.7 Å². The summed E-state index contributed by atoms with van der Waals surface area (Å²) in [5.41, 5.74) is 2.84. The van der Waals surface area contributed by atoms with Gasteiger partial charge in [0.1, 0.15) is 0 Å². The van der Waals surface area contributed by atoms with Crippen LogP contribution >= 0.6 is 15.9 Å². The van der Waals surface area contributed by atoms with Crippen LogP contribution in [0.25, 0.3) is 0 Å². The third-order valence-corrected chi connectivity index (χ3v) is 4.41. The number of urea groups is 1. The quantitative estimate of drug-likeness (QED) is 0.777. The van der Waals surface area contributed by atoms with Crippen molar-refractivity contribution < 1.29 is 14.7 Å². The van der Waals surface area contributed by atoms with Gasteiger partial charge in [-0.05, 0) is 66.2 Å². The highest BCUT2D eigenvalue weighted by Crippen LogP contribution is 2.28. The molecule has 0 aromatic heterocycles. The Kier molecular flexibility index (Phi) is 4.88. The minimum Gasteiger partial charge on any atom is -0.481 e. The van der Waals surface area contributed by atoms with Crippen molar-refractivity contribution in [2.75, 3.05) is 5.32 Å². The van der Waals surface area contributed by atoms with E-state index in [1.54, 1.807) is 0 Å². The second-order valence-corrected chi connectivity index (χ2v) is 6.44. The second-order valence-electron chi connectivity index (χ2n) is 5.58. The molecule has 21 heavy (non-hydrogen) atoms. The van der Waals surface area contributed by atoms with E-state index in [-0.39, 0.29) is 18.0 Å². The lowest BCUT2D eigenvalue weighted by atomic mass is 10.1. The van der Waals surface area contributed by atoms with Crippen molar-refractivity contribution in [1.82, 2.24) is 5.32 Å². The van der Waals surface area contributed by atoms with Gasteiger partial charge in [-0.1, -0.05) is 6.07 Å². The van der Waals surface area contributed by atoms with E-state index in [4.69, 9.17) is 5.11 Å². The van der Waals surface area contributed by atoms with Gasteiger partial charge in [-0.25, -0.2) is 4.79 Å². The van der Waals surface area contributed by atoms with Gasteiger partial charge in [0, 0.05) is 10.5 Å². The minimum atomic E-state index is -0.781. The number of carboxylic acid groups (broad SMARTS) is 1. The molecular weight excluding hydrogens is 336 g/mol. The Labute approximate surface area is 132 Å². The predicted octanol–water partition coefficient (Wildman–Crippen LogP) is 3.44. The number of hydrogen-bond donors (Lipinski definition) is 3. The molecule has 0 aliphatic heterocycles. The van der Waals surface area contributed by atoms with Gasteiger partial charge in [0.15, 0.2) is 0 Å². The van der Waals surface area contributed by atoms with Crippen LogP contribution in [-0.2, 0) is 4.79 Å². The zero-order valence-corrected chi connectivity index (χ0v) is 13.7. The maximum Gasteiger partial charge on any atom is 0.319 e. The molecule has 0 radical (unpaired) electrons. The molecule has 0 spiro atoms.